The molecule has 4 aromatic rings. The molecule has 4 rings (SSSR count). The zero-order chi connectivity index (χ0) is 16.4. The summed E-state index contributed by atoms with van der Waals surface area (Å²) in [5.41, 5.74) is 1.73. The number of rotatable bonds is 5. The first-order valence-corrected chi connectivity index (χ1v) is 9.27. The molecule has 5 nitrogen and oxygen atoms in total. The molecule has 0 bridgehead atoms. The van der Waals surface area contributed by atoms with Crippen molar-refractivity contribution in [1.82, 2.24) is 19.9 Å². The van der Waals surface area contributed by atoms with Crippen molar-refractivity contribution in [1.29, 1.82) is 0 Å². The van der Waals surface area contributed by atoms with Crippen molar-refractivity contribution in [3.05, 3.63) is 64.5 Å². The van der Waals surface area contributed by atoms with Crippen molar-refractivity contribution in [3.63, 3.8) is 0 Å². The normalized spacial score (nSPS) is 11.0. The Labute approximate surface area is 146 Å². The Kier molecular flexibility index (Phi) is 4.10. The lowest BCUT2D eigenvalue weighted by Crippen LogP contribution is -2.25. The Morgan fingerprint density at radius 3 is 2.79 bits per heavy atom. The summed E-state index contributed by atoms with van der Waals surface area (Å²) in [6.45, 7) is 0.563. The van der Waals surface area contributed by atoms with Gasteiger partial charge in [0, 0.05) is 23.9 Å². The van der Waals surface area contributed by atoms with Crippen LogP contribution in [0.15, 0.2) is 53.2 Å². The number of carbonyl (C=O) groups is 1. The van der Waals surface area contributed by atoms with E-state index in [0.717, 1.165) is 21.4 Å². The van der Waals surface area contributed by atoms with Gasteiger partial charge in [0.05, 0.1) is 10.6 Å². The van der Waals surface area contributed by atoms with Gasteiger partial charge in [-0.05, 0) is 23.6 Å². The molecule has 1 amide bonds. The first-order valence-electron chi connectivity index (χ1n) is 7.51. The van der Waals surface area contributed by atoms with E-state index in [2.05, 4.69) is 15.4 Å². The molecule has 7 heteroatoms. The van der Waals surface area contributed by atoms with E-state index in [1.807, 2.05) is 57.7 Å². The largest absolute Gasteiger partial charge is 0.352 e. The monoisotopic (exact) mass is 354 g/mol. The van der Waals surface area contributed by atoms with E-state index < -0.39 is 0 Å². The first-order chi connectivity index (χ1) is 11.8. The second-order valence-corrected chi connectivity index (χ2v) is 6.99. The highest BCUT2D eigenvalue weighted by Gasteiger charge is 2.12. The highest BCUT2D eigenvalue weighted by Crippen LogP contribution is 2.24. The van der Waals surface area contributed by atoms with Crippen molar-refractivity contribution >= 4 is 33.5 Å². The highest BCUT2D eigenvalue weighted by atomic mass is 32.1. The maximum absolute atomic E-state index is 12.1. The van der Waals surface area contributed by atoms with E-state index in [1.54, 1.807) is 22.7 Å². The van der Waals surface area contributed by atoms with Crippen LogP contribution in [0.3, 0.4) is 0 Å². The van der Waals surface area contributed by atoms with Gasteiger partial charge < -0.3 is 5.32 Å². The number of benzene rings is 1. The van der Waals surface area contributed by atoms with E-state index in [-0.39, 0.29) is 5.91 Å². The van der Waals surface area contributed by atoms with Gasteiger partial charge in [-0.3, -0.25) is 4.79 Å². The quantitative estimate of drug-likeness (QED) is 0.597. The van der Waals surface area contributed by atoms with Crippen molar-refractivity contribution in [2.45, 2.75) is 6.42 Å². The zero-order valence-electron chi connectivity index (χ0n) is 12.7. The topological polar surface area (TPSA) is 59.3 Å². The van der Waals surface area contributed by atoms with E-state index in [9.17, 15) is 4.79 Å². The number of amides is 1. The van der Waals surface area contributed by atoms with Crippen molar-refractivity contribution in [3.8, 4) is 10.7 Å². The fourth-order valence-electron chi connectivity index (χ4n) is 2.40. The Bertz CT molecular complexity index is 957. The van der Waals surface area contributed by atoms with Crippen LogP contribution in [-0.4, -0.2) is 27.0 Å². The lowest BCUT2D eigenvalue weighted by molar-refractivity contribution is 0.0954. The Balaban J connectivity index is 1.44. The molecule has 3 heterocycles. The number of nitrogens with one attached hydrogen (secondary N) is 1. The molecule has 0 saturated heterocycles. The number of fused-ring (bicyclic) bond motifs is 1. The van der Waals surface area contributed by atoms with E-state index >= 15 is 0 Å². The molecule has 24 heavy (non-hydrogen) atoms. The molecule has 0 radical (unpaired) electrons. The fraction of sp³-hybridized carbons (Fsp3) is 0.118. The molecule has 120 valence electrons. The van der Waals surface area contributed by atoms with Crippen molar-refractivity contribution in [2.75, 3.05) is 6.54 Å². The number of thiazole rings is 1. The van der Waals surface area contributed by atoms with Gasteiger partial charge in [-0.15, -0.1) is 27.8 Å². The van der Waals surface area contributed by atoms with Gasteiger partial charge in [-0.2, -0.15) is 4.98 Å². The maximum atomic E-state index is 12.1. The molecule has 0 aliphatic heterocycles. The summed E-state index contributed by atoms with van der Waals surface area (Å²) in [6.07, 6.45) is 0.714. The summed E-state index contributed by atoms with van der Waals surface area (Å²) in [5, 5.41) is 11.6. The van der Waals surface area contributed by atoms with Crippen LogP contribution in [0.4, 0.5) is 0 Å². The van der Waals surface area contributed by atoms with Gasteiger partial charge in [0.2, 0.25) is 4.96 Å². The van der Waals surface area contributed by atoms with Crippen LogP contribution in [0.25, 0.3) is 15.7 Å². The summed E-state index contributed by atoms with van der Waals surface area (Å²) in [7, 11) is 0. The highest BCUT2D eigenvalue weighted by molar-refractivity contribution is 7.15. The zero-order valence-corrected chi connectivity index (χ0v) is 14.3. The summed E-state index contributed by atoms with van der Waals surface area (Å²) < 4.78 is 1.87. The Hall–Kier alpha value is -2.51. The predicted molar refractivity (Wildman–Crippen MR) is 96.7 cm³/mol. The molecule has 0 fully saturated rings. The second-order valence-electron chi connectivity index (χ2n) is 5.21. The smallest absolute Gasteiger partial charge is 0.251 e. The molecular weight excluding hydrogens is 340 g/mol. The van der Waals surface area contributed by atoms with Crippen LogP contribution in [0.5, 0.6) is 0 Å². The van der Waals surface area contributed by atoms with Gasteiger partial charge in [-0.1, -0.05) is 24.3 Å². The number of thiophene rings is 1. The molecule has 0 aliphatic rings. The lowest BCUT2D eigenvalue weighted by atomic mass is 10.2. The van der Waals surface area contributed by atoms with Gasteiger partial charge in [0.15, 0.2) is 5.82 Å². The third-order valence-electron chi connectivity index (χ3n) is 3.59. The first kappa shape index (κ1) is 15.0. The van der Waals surface area contributed by atoms with Gasteiger partial charge >= 0.3 is 0 Å². The van der Waals surface area contributed by atoms with Crippen LogP contribution < -0.4 is 5.32 Å². The lowest BCUT2D eigenvalue weighted by Gasteiger charge is -2.04. The van der Waals surface area contributed by atoms with Crippen LogP contribution in [0.2, 0.25) is 0 Å². The minimum Gasteiger partial charge on any atom is -0.352 e. The minimum atomic E-state index is -0.0556. The maximum Gasteiger partial charge on any atom is 0.251 e. The van der Waals surface area contributed by atoms with Crippen LogP contribution >= 0.6 is 22.7 Å². The minimum absolute atomic E-state index is 0.0556. The standard InChI is InChI=1S/C17H14N4OS2/c22-16(12-5-2-1-3-6-12)18-9-8-13-11-24-17-19-15(20-21(13)17)14-7-4-10-23-14/h1-7,10-11H,8-9H2,(H,18,22). The molecule has 1 N–H and O–H groups in total. The molecule has 1 aromatic carbocycles. The molecule has 0 atom stereocenters. The van der Waals surface area contributed by atoms with E-state index in [4.69, 9.17) is 0 Å². The van der Waals surface area contributed by atoms with Crippen molar-refractivity contribution < 1.29 is 4.79 Å². The van der Waals surface area contributed by atoms with Gasteiger partial charge in [-0.25, -0.2) is 4.52 Å². The van der Waals surface area contributed by atoms with Crippen LogP contribution in [-0.2, 0) is 6.42 Å². The third kappa shape index (κ3) is 2.95. The third-order valence-corrected chi connectivity index (χ3v) is 5.32. The number of aromatic nitrogens is 3. The van der Waals surface area contributed by atoms with E-state index in [1.165, 1.54) is 0 Å². The molecule has 0 saturated carbocycles. The van der Waals surface area contributed by atoms with Gasteiger partial charge in [0.25, 0.3) is 5.91 Å². The molecular formula is C17H14N4OS2. The molecule has 3 aromatic heterocycles. The van der Waals surface area contributed by atoms with Crippen molar-refractivity contribution in [2.24, 2.45) is 0 Å². The Morgan fingerprint density at radius 1 is 1.12 bits per heavy atom. The molecule has 0 spiro atoms. The van der Waals surface area contributed by atoms with Crippen LogP contribution in [0, 0.1) is 0 Å². The number of hydrogen-bond acceptors (Lipinski definition) is 5. The average Bonchev–Trinajstić information content (AvgIpc) is 3.33. The molecule has 0 unspecified atom stereocenters. The van der Waals surface area contributed by atoms with Gasteiger partial charge in [0.1, 0.15) is 0 Å². The number of nitrogens with zero attached hydrogens (tertiary/aromatic N) is 3. The molecule has 0 aliphatic carbocycles. The summed E-state index contributed by atoms with van der Waals surface area (Å²) in [4.78, 5) is 18.6. The Morgan fingerprint density at radius 2 is 2.00 bits per heavy atom. The van der Waals surface area contributed by atoms with Crippen LogP contribution in [0.1, 0.15) is 16.1 Å². The summed E-state index contributed by atoms with van der Waals surface area (Å²) in [6, 6.07) is 13.2. The average molecular weight is 354 g/mol. The number of carbonyl (C=O) groups excluding carboxylic acids is 1. The summed E-state index contributed by atoms with van der Waals surface area (Å²) >= 11 is 3.20. The predicted octanol–water partition coefficient (Wildman–Crippen LogP) is 3.49. The SMILES string of the molecule is O=C(NCCc1csc2nc(-c3cccs3)nn12)c1ccccc1. The summed E-state index contributed by atoms with van der Waals surface area (Å²) in [5.74, 6) is 0.700. The second kappa shape index (κ2) is 6.54. The fourth-order valence-corrected chi connectivity index (χ4v) is 3.91. The number of hydrogen-bond donors (Lipinski definition) is 1. The van der Waals surface area contributed by atoms with E-state index in [0.29, 0.717) is 18.5 Å².